The second-order valence-electron chi connectivity index (χ2n) is 4.17. The van der Waals surface area contributed by atoms with Crippen LogP contribution in [0.1, 0.15) is 12.5 Å². The predicted molar refractivity (Wildman–Crippen MR) is 66.7 cm³/mol. The Hall–Kier alpha value is -1.68. The number of aromatic amines is 1. The summed E-state index contributed by atoms with van der Waals surface area (Å²) in [5, 5.41) is 4.56. The highest BCUT2D eigenvalue weighted by Gasteiger charge is 2.16. The molecular formula is C13H16N2O2. The lowest BCUT2D eigenvalue weighted by atomic mass is 10.1. The lowest BCUT2D eigenvalue weighted by molar-refractivity contribution is 0.174. The zero-order valence-electron chi connectivity index (χ0n) is 9.88. The first kappa shape index (κ1) is 10.5. The van der Waals surface area contributed by atoms with Crippen LogP contribution in [0.2, 0.25) is 0 Å². The summed E-state index contributed by atoms with van der Waals surface area (Å²) < 4.78 is 10.8. The maximum absolute atomic E-state index is 5.40. The molecule has 2 N–H and O–H groups in total. The number of nitrogens with one attached hydrogen (secondary N) is 2. The molecule has 0 fully saturated rings. The van der Waals surface area contributed by atoms with Gasteiger partial charge in [-0.3, -0.25) is 0 Å². The largest absolute Gasteiger partial charge is 0.454 e. The quantitative estimate of drug-likeness (QED) is 0.793. The molecule has 0 atom stereocenters. The Labute approximate surface area is 99.9 Å². The highest BCUT2D eigenvalue weighted by Crippen LogP contribution is 2.36. The molecule has 0 spiro atoms. The van der Waals surface area contributed by atoms with E-state index < -0.39 is 0 Å². The lowest BCUT2D eigenvalue weighted by Gasteiger charge is -2.01. The molecule has 0 saturated heterocycles. The summed E-state index contributed by atoms with van der Waals surface area (Å²) in [4.78, 5) is 3.28. The molecule has 2 aromatic rings. The van der Waals surface area contributed by atoms with E-state index in [-0.39, 0.29) is 0 Å². The first-order valence-electron chi connectivity index (χ1n) is 5.99. The molecule has 0 aliphatic carbocycles. The van der Waals surface area contributed by atoms with Crippen molar-refractivity contribution in [3.8, 4) is 11.5 Å². The van der Waals surface area contributed by atoms with Crippen molar-refractivity contribution in [1.29, 1.82) is 0 Å². The first-order valence-corrected chi connectivity index (χ1v) is 5.99. The summed E-state index contributed by atoms with van der Waals surface area (Å²) in [6, 6.07) is 4.07. The van der Waals surface area contributed by atoms with Crippen molar-refractivity contribution in [2.45, 2.75) is 13.3 Å². The molecule has 90 valence electrons. The van der Waals surface area contributed by atoms with Crippen LogP contribution in [0, 0.1) is 0 Å². The van der Waals surface area contributed by atoms with Crippen molar-refractivity contribution in [1.82, 2.24) is 10.3 Å². The van der Waals surface area contributed by atoms with E-state index in [9.17, 15) is 0 Å². The van der Waals surface area contributed by atoms with Gasteiger partial charge < -0.3 is 19.8 Å². The number of benzene rings is 1. The van der Waals surface area contributed by atoms with Gasteiger partial charge in [0, 0.05) is 23.2 Å². The van der Waals surface area contributed by atoms with Crippen LogP contribution in [0.5, 0.6) is 11.5 Å². The number of aromatic nitrogens is 1. The Kier molecular flexibility index (Phi) is 2.65. The van der Waals surface area contributed by atoms with Crippen LogP contribution in [0.15, 0.2) is 18.3 Å². The van der Waals surface area contributed by atoms with Gasteiger partial charge in [-0.15, -0.1) is 0 Å². The minimum atomic E-state index is 0.328. The summed E-state index contributed by atoms with van der Waals surface area (Å²) in [6.07, 6.45) is 3.09. The molecule has 0 unspecified atom stereocenters. The van der Waals surface area contributed by atoms with Gasteiger partial charge in [0.2, 0.25) is 6.79 Å². The summed E-state index contributed by atoms with van der Waals surface area (Å²) in [7, 11) is 0. The van der Waals surface area contributed by atoms with Crippen LogP contribution in [-0.4, -0.2) is 24.9 Å². The van der Waals surface area contributed by atoms with E-state index in [1.807, 2.05) is 6.07 Å². The number of hydrogen-bond acceptors (Lipinski definition) is 3. The molecule has 0 saturated carbocycles. The number of ether oxygens (including phenoxy) is 2. The van der Waals surface area contributed by atoms with E-state index in [0.717, 1.165) is 36.5 Å². The van der Waals surface area contributed by atoms with Crippen molar-refractivity contribution in [2.75, 3.05) is 19.9 Å². The van der Waals surface area contributed by atoms with Gasteiger partial charge in [0.15, 0.2) is 11.5 Å². The number of fused-ring (bicyclic) bond motifs is 2. The summed E-state index contributed by atoms with van der Waals surface area (Å²) in [6.45, 7) is 4.45. The Morgan fingerprint density at radius 2 is 2.12 bits per heavy atom. The van der Waals surface area contributed by atoms with Crippen LogP contribution in [-0.2, 0) is 6.42 Å². The summed E-state index contributed by atoms with van der Waals surface area (Å²) >= 11 is 0. The highest BCUT2D eigenvalue weighted by atomic mass is 16.7. The van der Waals surface area contributed by atoms with Crippen molar-refractivity contribution >= 4 is 10.9 Å². The number of likely N-dealkylation sites (N-methyl/N-ethyl adjacent to an activating group) is 1. The predicted octanol–water partition coefficient (Wildman–Crippen LogP) is 2.05. The standard InChI is InChI=1S/C13H16N2O2/c1-2-14-4-3-9-7-15-11-6-13-12(5-10(9)11)16-8-17-13/h5-7,14-15H,2-4,8H2,1H3. The zero-order chi connectivity index (χ0) is 11.7. The molecule has 3 rings (SSSR count). The maximum atomic E-state index is 5.40. The Morgan fingerprint density at radius 1 is 1.29 bits per heavy atom. The zero-order valence-corrected chi connectivity index (χ0v) is 9.88. The average Bonchev–Trinajstić information content (AvgIpc) is 2.93. The fraction of sp³-hybridized carbons (Fsp3) is 0.385. The fourth-order valence-electron chi connectivity index (χ4n) is 2.18. The van der Waals surface area contributed by atoms with E-state index in [1.165, 1.54) is 10.9 Å². The van der Waals surface area contributed by atoms with Crippen molar-refractivity contribution in [3.63, 3.8) is 0 Å². The third-order valence-electron chi connectivity index (χ3n) is 3.08. The molecule has 4 nitrogen and oxygen atoms in total. The molecule has 1 aromatic carbocycles. The molecule has 1 aliphatic heterocycles. The smallest absolute Gasteiger partial charge is 0.231 e. The molecule has 1 aliphatic rings. The Balaban J connectivity index is 1.92. The van der Waals surface area contributed by atoms with Gasteiger partial charge in [-0.2, -0.15) is 0 Å². The van der Waals surface area contributed by atoms with Crippen LogP contribution in [0.4, 0.5) is 0 Å². The summed E-state index contributed by atoms with van der Waals surface area (Å²) in [5.74, 6) is 1.68. The normalized spacial score (nSPS) is 13.5. The van der Waals surface area contributed by atoms with E-state index >= 15 is 0 Å². The van der Waals surface area contributed by atoms with Gasteiger partial charge in [-0.25, -0.2) is 0 Å². The van der Waals surface area contributed by atoms with Gasteiger partial charge in [0.05, 0.1) is 0 Å². The summed E-state index contributed by atoms with van der Waals surface area (Å²) in [5.41, 5.74) is 2.43. The van der Waals surface area contributed by atoms with Crippen LogP contribution in [0.3, 0.4) is 0 Å². The molecule has 0 amide bonds. The second kappa shape index (κ2) is 4.30. The Morgan fingerprint density at radius 3 is 2.94 bits per heavy atom. The van der Waals surface area contributed by atoms with E-state index in [2.05, 4.69) is 29.5 Å². The van der Waals surface area contributed by atoms with Gasteiger partial charge in [0.25, 0.3) is 0 Å². The molecule has 0 radical (unpaired) electrons. The van der Waals surface area contributed by atoms with Crippen molar-refractivity contribution < 1.29 is 9.47 Å². The SMILES string of the molecule is CCNCCc1c[nH]c2cc3c(cc12)OCO3. The number of H-pyrrole nitrogens is 1. The lowest BCUT2D eigenvalue weighted by Crippen LogP contribution is -2.15. The third-order valence-corrected chi connectivity index (χ3v) is 3.08. The van der Waals surface area contributed by atoms with Gasteiger partial charge in [-0.05, 0) is 31.1 Å². The maximum Gasteiger partial charge on any atom is 0.231 e. The average molecular weight is 232 g/mol. The third kappa shape index (κ3) is 1.85. The van der Waals surface area contributed by atoms with Gasteiger partial charge in [-0.1, -0.05) is 6.92 Å². The molecule has 4 heteroatoms. The van der Waals surface area contributed by atoms with Gasteiger partial charge in [0.1, 0.15) is 0 Å². The topological polar surface area (TPSA) is 46.3 Å². The van der Waals surface area contributed by atoms with Crippen LogP contribution < -0.4 is 14.8 Å². The monoisotopic (exact) mass is 232 g/mol. The minimum Gasteiger partial charge on any atom is -0.454 e. The molecule has 17 heavy (non-hydrogen) atoms. The fourth-order valence-corrected chi connectivity index (χ4v) is 2.18. The molecule has 0 bridgehead atoms. The number of rotatable bonds is 4. The molecule has 2 heterocycles. The highest BCUT2D eigenvalue weighted by molar-refractivity contribution is 5.86. The second-order valence-corrected chi connectivity index (χ2v) is 4.17. The van der Waals surface area contributed by atoms with E-state index in [0.29, 0.717) is 6.79 Å². The minimum absolute atomic E-state index is 0.328. The van der Waals surface area contributed by atoms with E-state index in [1.54, 1.807) is 0 Å². The molecule has 1 aromatic heterocycles. The van der Waals surface area contributed by atoms with Crippen LogP contribution >= 0.6 is 0 Å². The van der Waals surface area contributed by atoms with Gasteiger partial charge >= 0.3 is 0 Å². The molecular weight excluding hydrogens is 216 g/mol. The number of hydrogen-bond donors (Lipinski definition) is 2. The van der Waals surface area contributed by atoms with Crippen LogP contribution in [0.25, 0.3) is 10.9 Å². The van der Waals surface area contributed by atoms with Crippen molar-refractivity contribution in [2.24, 2.45) is 0 Å². The Bertz CT molecular complexity index is 533. The first-order chi connectivity index (χ1) is 8.38. The van der Waals surface area contributed by atoms with E-state index in [4.69, 9.17) is 9.47 Å². The van der Waals surface area contributed by atoms with Crippen molar-refractivity contribution in [3.05, 3.63) is 23.9 Å².